The number of methoxy groups -OCH3 is 1. The molecule has 0 saturated carbocycles. The molecule has 0 unspecified atom stereocenters. The van der Waals surface area contributed by atoms with Crippen molar-refractivity contribution in [3.63, 3.8) is 0 Å². The zero-order chi connectivity index (χ0) is 12.5. The molecular weight excluding hydrogens is 260 g/mol. The number of carbonyl (C=O) groups is 1. The van der Waals surface area contributed by atoms with Crippen molar-refractivity contribution in [2.45, 2.75) is 13.0 Å². The quantitative estimate of drug-likeness (QED) is 0.710. The SMILES string of the molecule is COCCCNC(=O)CNCc1ccc(Cl)s1. The Kier molecular flexibility index (Phi) is 7.19. The van der Waals surface area contributed by atoms with Gasteiger partial charge in [-0.15, -0.1) is 11.3 Å². The van der Waals surface area contributed by atoms with Crippen LogP contribution < -0.4 is 10.6 Å². The topological polar surface area (TPSA) is 50.4 Å². The lowest BCUT2D eigenvalue weighted by Crippen LogP contribution is -2.34. The minimum absolute atomic E-state index is 0.00348. The highest BCUT2D eigenvalue weighted by atomic mass is 35.5. The van der Waals surface area contributed by atoms with Crippen LogP contribution >= 0.6 is 22.9 Å². The molecule has 0 aliphatic rings. The van der Waals surface area contributed by atoms with E-state index in [-0.39, 0.29) is 5.91 Å². The third kappa shape index (κ3) is 6.63. The van der Waals surface area contributed by atoms with Crippen molar-refractivity contribution in [1.82, 2.24) is 10.6 Å². The molecule has 2 N–H and O–H groups in total. The monoisotopic (exact) mass is 276 g/mol. The zero-order valence-corrected chi connectivity index (χ0v) is 11.4. The molecule has 0 aliphatic heterocycles. The maximum Gasteiger partial charge on any atom is 0.233 e. The molecule has 1 rings (SSSR count). The molecule has 0 spiro atoms. The first-order valence-corrected chi connectivity index (χ1v) is 6.62. The Hall–Kier alpha value is -0.620. The highest BCUT2D eigenvalue weighted by Crippen LogP contribution is 2.20. The maximum atomic E-state index is 11.4. The van der Waals surface area contributed by atoms with Gasteiger partial charge >= 0.3 is 0 Å². The van der Waals surface area contributed by atoms with E-state index >= 15 is 0 Å². The van der Waals surface area contributed by atoms with Crippen LogP contribution in [-0.2, 0) is 16.1 Å². The summed E-state index contributed by atoms with van der Waals surface area (Å²) in [4.78, 5) is 12.5. The average molecular weight is 277 g/mol. The predicted molar refractivity (Wildman–Crippen MR) is 70.5 cm³/mol. The summed E-state index contributed by atoms with van der Waals surface area (Å²) in [7, 11) is 1.65. The number of hydrogen-bond donors (Lipinski definition) is 2. The molecule has 4 nitrogen and oxygen atoms in total. The zero-order valence-electron chi connectivity index (χ0n) is 9.79. The number of amides is 1. The number of thiophene rings is 1. The second-order valence-corrected chi connectivity index (χ2v) is 5.31. The van der Waals surface area contributed by atoms with Gasteiger partial charge in [0.2, 0.25) is 5.91 Å². The molecule has 0 radical (unpaired) electrons. The summed E-state index contributed by atoms with van der Waals surface area (Å²) in [6, 6.07) is 3.81. The number of rotatable bonds is 8. The molecule has 0 fully saturated rings. The number of halogens is 1. The Bertz CT molecular complexity index is 344. The lowest BCUT2D eigenvalue weighted by atomic mass is 10.4. The minimum Gasteiger partial charge on any atom is -0.385 e. The fourth-order valence-corrected chi connectivity index (χ4v) is 2.31. The lowest BCUT2D eigenvalue weighted by molar-refractivity contribution is -0.120. The fraction of sp³-hybridized carbons (Fsp3) is 0.545. The Morgan fingerprint density at radius 1 is 1.53 bits per heavy atom. The summed E-state index contributed by atoms with van der Waals surface area (Å²) in [6.07, 6.45) is 0.836. The Labute approximate surface area is 110 Å². The number of hydrogen-bond acceptors (Lipinski definition) is 4. The Morgan fingerprint density at radius 2 is 2.35 bits per heavy atom. The van der Waals surface area contributed by atoms with Crippen LogP contribution in [0.5, 0.6) is 0 Å². The lowest BCUT2D eigenvalue weighted by Gasteiger charge is -2.05. The summed E-state index contributed by atoms with van der Waals surface area (Å²) >= 11 is 7.32. The van der Waals surface area contributed by atoms with Crippen LogP contribution in [0.25, 0.3) is 0 Å². The first kappa shape index (κ1) is 14.4. The van der Waals surface area contributed by atoms with Crippen molar-refractivity contribution >= 4 is 28.8 Å². The van der Waals surface area contributed by atoms with Gasteiger partial charge in [0.1, 0.15) is 0 Å². The molecule has 1 aromatic heterocycles. The highest BCUT2D eigenvalue weighted by Gasteiger charge is 2.01. The third-order valence-electron chi connectivity index (χ3n) is 2.06. The van der Waals surface area contributed by atoms with Gasteiger partial charge < -0.3 is 15.4 Å². The van der Waals surface area contributed by atoms with E-state index in [4.69, 9.17) is 16.3 Å². The van der Waals surface area contributed by atoms with Gasteiger partial charge in [0.05, 0.1) is 10.9 Å². The predicted octanol–water partition coefficient (Wildman–Crippen LogP) is 1.64. The van der Waals surface area contributed by atoms with E-state index in [9.17, 15) is 4.79 Å². The number of nitrogens with one attached hydrogen (secondary N) is 2. The molecule has 0 atom stereocenters. The van der Waals surface area contributed by atoms with Crippen molar-refractivity contribution in [3.8, 4) is 0 Å². The molecule has 0 saturated heterocycles. The molecule has 0 aliphatic carbocycles. The van der Waals surface area contributed by atoms with E-state index in [1.54, 1.807) is 7.11 Å². The van der Waals surface area contributed by atoms with Gasteiger partial charge in [-0.05, 0) is 18.6 Å². The van der Waals surface area contributed by atoms with E-state index in [2.05, 4.69) is 10.6 Å². The van der Waals surface area contributed by atoms with E-state index in [0.717, 1.165) is 15.6 Å². The highest BCUT2D eigenvalue weighted by molar-refractivity contribution is 7.16. The first-order chi connectivity index (χ1) is 8.22. The van der Waals surface area contributed by atoms with Crippen LogP contribution in [0.3, 0.4) is 0 Å². The average Bonchev–Trinajstić information content (AvgIpc) is 2.71. The maximum absolute atomic E-state index is 11.4. The molecule has 17 heavy (non-hydrogen) atoms. The normalized spacial score (nSPS) is 10.5. The van der Waals surface area contributed by atoms with Gasteiger partial charge in [0.15, 0.2) is 0 Å². The molecule has 6 heteroatoms. The molecule has 96 valence electrons. The molecule has 0 aromatic carbocycles. The van der Waals surface area contributed by atoms with Crippen LogP contribution in [0.15, 0.2) is 12.1 Å². The van der Waals surface area contributed by atoms with Gasteiger partial charge in [-0.1, -0.05) is 11.6 Å². The largest absolute Gasteiger partial charge is 0.385 e. The number of carbonyl (C=O) groups excluding carboxylic acids is 1. The van der Waals surface area contributed by atoms with Crippen LogP contribution in [0.1, 0.15) is 11.3 Å². The van der Waals surface area contributed by atoms with Crippen molar-refractivity contribution in [1.29, 1.82) is 0 Å². The third-order valence-corrected chi connectivity index (χ3v) is 3.29. The standard InChI is InChI=1S/C11H17ClN2O2S/c1-16-6-2-5-14-11(15)8-13-7-9-3-4-10(12)17-9/h3-4,13H,2,5-8H2,1H3,(H,14,15). The Morgan fingerprint density at radius 3 is 3.00 bits per heavy atom. The second kappa shape index (κ2) is 8.47. The fourth-order valence-electron chi connectivity index (χ4n) is 1.25. The molecule has 1 aromatic rings. The second-order valence-electron chi connectivity index (χ2n) is 3.51. The van der Waals surface area contributed by atoms with E-state index in [1.165, 1.54) is 11.3 Å². The summed E-state index contributed by atoms with van der Waals surface area (Å²) in [5.41, 5.74) is 0. The van der Waals surface area contributed by atoms with Crippen LogP contribution in [0, 0.1) is 0 Å². The number of ether oxygens (including phenoxy) is 1. The van der Waals surface area contributed by atoms with Gasteiger partial charge in [-0.2, -0.15) is 0 Å². The van der Waals surface area contributed by atoms with Crippen LogP contribution in [-0.4, -0.2) is 32.7 Å². The van der Waals surface area contributed by atoms with Crippen molar-refractivity contribution < 1.29 is 9.53 Å². The summed E-state index contributed by atoms with van der Waals surface area (Å²) < 4.78 is 5.66. The van der Waals surface area contributed by atoms with Crippen LogP contribution in [0.4, 0.5) is 0 Å². The van der Waals surface area contributed by atoms with Gasteiger partial charge in [-0.25, -0.2) is 0 Å². The molecule has 0 bridgehead atoms. The smallest absolute Gasteiger partial charge is 0.233 e. The van der Waals surface area contributed by atoms with Gasteiger partial charge in [-0.3, -0.25) is 4.79 Å². The summed E-state index contributed by atoms with van der Waals surface area (Å²) in [6.45, 7) is 2.31. The van der Waals surface area contributed by atoms with Crippen molar-refractivity contribution in [3.05, 3.63) is 21.3 Å². The van der Waals surface area contributed by atoms with Gasteiger partial charge in [0.25, 0.3) is 0 Å². The van der Waals surface area contributed by atoms with Gasteiger partial charge in [0, 0.05) is 31.7 Å². The Balaban J connectivity index is 2.04. The summed E-state index contributed by atoms with van der Waals surface area (Å²) in [5, 5.41) is 5.87. The first-order valence-electron chi connectivity index (χ1n) is 5.43. The molecule has 1 heterocycles. The minimum atomic E-state index is 0.00348. The van der Waals surface area contributed by atoms with E-state index < -0.39 is 0 Å². The molecule has 1 amide bonds. The van der Waals surface area contributed by atoms with Crippen LogP contribution in [0.2, 0.25) is 4.34 Å². The van der Waals surface area contributed by atoms with Crippen molar-refractivity contribution in [2.75, 3.05) is 26.8 Å². The van der Waals surface area contributed by atoms with E-state index in [0.29, 0.717) is 26.2 Å². The van der Waals surface area contributed by atoms with Crippen molar-refractivity contribution in [2.24, 2.45) is 0 Å². The van der Waals surface area contributed by atoms with E-state index in [1.807, 2.05) is 12.1 Å². The molecular formula is C11H17ClN2O2S. The summed E-state index contributed by atoms with van der Waals surface area (Å²) in [5.74, 6) is 0.00348.